The summed E-state index contributed by atoms with van der Waals surface area (Å²) < 4.78 is 0. The highest BCUT2D eigenvalue weighted by atomic mass is 79.9. The molecule has 0 aromatic rings. The number of allylic oxidation sites excluding steroid dienone is 3. The molecule has 0 nitrogen and oxygen atoms in total. The summed E-state index contributed by atoms with van der Waals surface area (Å²) in [4.78, 5) is 0.613. The van der Waals surface area contributed by atoms with Crippen molar-refractivity contribution in [1.29, 1.82) is 0 Å². The van der Waals surface area contributed by atoms with Crippen molar-refractivity contribution in [3.63, 3.8) is 0 Å². The third kappa shape index (κ3) is 7.86. The van der Waals surface area contributed by atoms with Crippen LogP contribution in [0, 0.1) is 0 Å². The molecule has 0 saturated heterocycles. The Morgan fingerprint density at radius 2 is 2.18 bits per heavy atom. The molecule has 0 rings (SSSR count). The van der Waals surface area contributed by atoms with Crippen molar-refractivity contribution < 1.29 is 0 Å². The van der Waals surface area contributed by atoms with E-state index in [-0.39, 0.29) is 0 Å². The molecule has 0 heterocycles. The van der Waals surface area contributed by atoms with Gasteiger partial charge in [-0.05, 0) is 25.7 Å². The number of rotatable bonds is 6. The molecule has 0 saturated carbocycles. The molecule has 0 aliphatic carbocycles. The van der Waals surface area contributed by atoms with Crippen molar-refractivity contribution in [3.05, 3.63) is 24.8 Å². The smallest absolute Gasteiger partial charge is 0.0183 e. The first-order chi connectivity index (χ1) is 5.31. The second-order valence-corrected chi connectivity index (χ2v) is 3.87. The van der Waals surface area contributed by atoms with Crippen LogP contribution in [0.4, 0.5) is 0 Å². The Bertz CT molecular complexity index is 116. The van der Waals surface area contributed by atoms with Crippen molar-refractivity contribution in [2.24, 2.45) is 0 Å². The van der Waals surface area contributed by atoms with E-state index in [0.29, 0.717) is 4.83 Å². The first-order valence-corrected chi connectivity index (χ1v) is 5.12. The maximum absolute atomic E-state index is 3.70. The molecule has 0 aliphatic heterocycles. The summed E-state index contributed by atoms with van der Waals surface area (Å²) in [6.45, 7) is 5.86. The lowest BCUT2D eigenvalue weighted by Crippen LogP contribution is -1.93. The molecule has 1 atom stereocenters. The Labute approximate surface area is 78.5 Å². The quantitative estimate of drug-likeness (QED) is 0.464. The molecule has 0 aromatic heterocycles. The van der Waals surface area contributed by atoms with Crippen LogP contribution >= 0.6 is 15.9 Å². The lowest BCUT2D eigenvalue weighted by Gasteiger charge is -2.02. The normalized spacial score (nSPS) is 13.6. The van der Waals surface area contributed by atoms with Gasteiger partial charge in [-0.2, -0.15) is 0 Å². The molecule has 0 aromatic carbocycles. The maximum Gasteiger partial charge on any atom is 0.0183 e. The van der Waals surface area contributed by atoms with Gasteiger partial charge in [-0.1, -0.05) is 41.1 Å². The highest BCUT2D eigenvalue weighted by molar-refractivity contribution is 9.09. The third-order valence-corrected chi connectivity index (χ3v) is 2.30. The van der Waals surface area contributed by atoms with Gasteiger partial charge in [0.25, 0.3) is 0 Å². The summed E-state index contributed by atoms with van der Waals surface area (Å²) in [5.41, 5.74) is 0. The Morgan fingerprint density at radius 3 is 2.73 bits per heavy atom. The molecule has 0 spiro atoms. The van der Waals surface area contributed by atoms with Crippen molar-refractivity contribution in [2.75, 3.05) is 0 Å². The van der Waals surface area contributed by atoms with Crippen molar-refractivity contribution in [1.82, 2.24) is 0 Å². The van der Waals surface area contributed by atoms with Crippen LogP contribution in [0.3, 0.4) is 0 Å². The average Bonchev–Trinajstić information content (AvgIpc) is 1.99. The zero-order valence-electron chi connectivity index (χ0n) is 7.22. The topological polar surface area (TPSA) is 0 Å². The summed E-state index contributed by atoms with van der Waals surface area (Å²) in [5, 5.41) is 0. The number of alkyl halides is 1. The van der Waals surface area contributed by atoms with Gasteiger partial charge in [0.15, 0.2) is 0 Å². The van der Waals surface area contributed by atoms with Gasteiger partial charge in [-0.3, -0.25) is 0 Å². The van der Waals surface area contributed by atoms with Crippen LogP contribution in [-0.2, 0) is 0 Å². The molecule has 0 N–H and O–H groups in total. The van der Waals surface area contributed by atoms with E-state index in [9.17, 15) is 0 Å². The fraction of sp³-hybridized carbons (Fsp3) is 0.600. The van der Waals surface area contributed by atoms with E-state index in [0.717, 1.165) is 12.8 Å². The largest absolute Gasteiger partial charge is 0.103 e. The van der Waals surface area contributed by atoms with E-state index >= 15 is 0 Å². The van der Waals surface area contributed by atoms with Crippen molar-refractivity contribution in [3.8, 4) is 0 Å². The Hall–Kier alpha value is -0.0400. The molecule has 1 unspecified atom stereocenters. The second kappa shape index (κ2) is 8.06. The van der Waals surface area contributed by atoms with Gasteiger partial charge in [0.1, 0.15) is 0 Å². The van der Waals surface area contributed by atoms with Gasteiger partial charge in [0, 0.05) is 4.83 Å². The van der Waals surface area contributed by atoms with Gasteiger partial charge >= 0.3 is 0 Å². The van der Waals surface area contributed by atoms with E-state index in [1.165, 1.54) is 12.8 Å². The summed E-state index contributed by atoms with van der Waals surface area (Å²) in [6.07, 6.45) is 11.0. The van der Waals surface area contributed by atoms with E-state index in [1.807, 2.05) is 6.08 Å². The van der Waals surface area contributed by atoms with Crippen molar-refractivity contribution in [2.45, 2.75) is 37.4 Å². The minimum atomic E-state index is 0.613. The maximum atomic E-state index is 3.70. The zero-order valence-corrected chi connectivity index (χ0v) is 8.81. The lowest BCUT2D eigenvalue weighted by molar-refractivity contribution is 0.792. The fourth-order valence-electron chi connectivity index (χ4n) is 0.860. The standard InChI is InChI=1S/C10H17Br/c1-3-5-6-7-9-10(11)8-4-2/h4-6,10H,2-3,7-9H2,1H3. The molecule has 11 heavy (non-hydrogen) atoms. The van der Waals surface area contributed by atoms with Crippen molar-refractivity contribution >= 4 is 15.9 Å². The Kier molecular flexibility index (Phi) is 8.03. The highest BCUT2D eigenvalue weighted by Crippen LogP contribution is 2.12. The van der Waals surface area contributed by atoms with E-state index in [1.54, 1.807) is 0 Å². The van der Waals surface area contributed by atoms with Crippen LogP contribution in [0.15, 0.2) is 24.8 Å². The van der Waals surface area contributed by atoms with E-state index < -0.39 is 0 Å². The summed E-state index contributed by atoms with van der Waals surface area (Å²) >= 11 is 3.59. The van der Waals surface area contributed by atoms with Crippen LogP contribution in [0.25, 0.3) is 0 Å². The molecule has 0 bridgehead atoms. The van der Waals surface area contributed by atoms with E-state index in [4.69, 9.17) is 0 Å². The predicted octanol–water partition coefficient (Wildman–Crippen LogP) is 4.07. The van der Waals surface area contributed by atoms with Crippen LogP contribution in [0.5, 0.6) is 0 Å². The van der Waals surface area contributed by atoms with Gasteiger partial charge < -0.3 is 0 Å². The summed E-state index contributed by atoms with van der Waals surface area (Å²) in [7, 11) is 0. The monoisotopic (exact) mass is 216 g/mol. The third-order valence-electron chi connectivity index (χ3n) is 1.47. The number of hydrogen-bond donors (Lipinski definition) is 0. The van der Waals surface area contributed by atoms with Gasteiger partial charge in [0.05, 0.1) is 0 Å². The lowest BCUT2D eigenvalue weighted by atomic mass is 10.2. The molecule has 64 valence electrons. The van der Waals surface area contributed by atoms with Crippen LogP contribution in [0.1, 0.15) is 32.6 Å². The predicted molar refractivity (Wildman–Crippen MR) is 56.2 cm³/mol. The highest BCUT2D eigenvalue weighted by Gasteiger charge is 1.97. The Balaban J connectivity index is 3.22. The fourth-order valence-corrected chi connectivity index (χ4v) is 1.39. The average molecular weight is 217 g/mol. The first kappa shape index (κ1) is 11.0. The summed E-state index contributed by atoms with van der Waals surface area (Å²) in [6, 6.07) is 0. The molecule has 1 heteroatoms. The zero-order chi connectivity index (χ0) is 8.53. The molecule has 0 fully saturated rings. The minimum absolute atomic E-state index is 0.613. The molecule has 0 amide bonds. The number of hydrogen-bond acceptors (Lipinski definition) is 0. The van der Waals surface area contributed by atoms with Gasteiger partial charge in [-0.25, -0.2) is 0 Å². The van der Waals surface area contributed by atoms with E-state index in [2.05, 4.69) is 41.6 Å². The second-order valence-electron chi connectivity index (χ2n) is 2.58. The van der Waals surface area contributed by atoms with Crippen LogP contribution in [0.2, 0.25) is 0 Å². The molecule has 0 aliphatic rings. The molecular formula is C10H17Br. The molecule has 0 radical (unpaired) electrons. The van der Waals surface area contributed by atoms with Gasteiger partial charge in [0.2, 0.25) is 0 Å². The van der Waals surface area contributed by atoms with Crippen LogP contribution < -0.4 is 0 Å². The SMILES string of the molecule is C=CCC(Br)CCC=CCC. The Morgan fingerprint density at radius 1 is 1.45 bits per heavy atom. The minimum Gasteiger partial charge on any atom is -0.103 e. The number of halogens is 1. The van der Waals surface area contributed by atoms with Crippen LogP contribution in [-0.4, -0.2) is 4.83 Å². The molecular weight excluding hydrogens is 200 g/mol. The van der Waals surface area contributed by atoms with Gasteiger partial charge in [-0.15, -0.1) is 6.58 Å². The summed E-state index contributed by atoms with van der Waals surface area (Å²) in [5.74, 6) is 0. The first-order valence-electron chi connectivity index (χ1n) is 4.21.